The van der Waals surface area contributed by atoms with Crippen LogP contribution in [0.1, 0.15) is 49.4 Å². The molecule has 0 saturated heterocycles. The zero-order valence-electron chi connectivity index (χ0n) is 27.1. The fraction of sp³-hybridized carbons (Fsp3) is 0.297. The lowest BCUT2D eigenvalue weighted by atomic mass is 10.0. The Morgan fingerprint density at radius 1 is 0.830 bits per heavy atom. The van der Waals surface area contributed by atoms with Crippen molar-refractivity contribution in [2.45, 2.75) is 70.5 Å². The van der Waals surface area contributed by atoms with Crippen LogP contribution in [0.2, 0.25) is 10.0 Å². The molecule has 0 saturated carbocycles. The lowest BCUT2D eigenvalue weighted by molar-refractivity contribution is -0.140. The van der Waals surface area contributed by atoms with Gasteiger partial charge in [0.1, 0.15) is 12.6 Å². The molecule has 0 radical (unpaired) electrons. The molecule has 4 aromatic carbocycles. The van der Waals surface area contributed by atoms with Crippen LogP contribution in [0.4, 0.5) is 5.69 Å². The average Bonchev–Trinajstić information content (AvgIpc) is 3.06. The Bertz CT molecular complexity index is 1760. The van der Waals surface area contributed by atoms with Gasteiger partial charge in [-0.25, -0.2) is 8.42 Å². The molecule has 0 fully saturated rings. The van der Waals surface area contributed by atoms with Crippen molar-refractivity contribution in [3.05, 3.63) is 129 Å². The standard InChI is InChI=1S/C37H41Cl2N3O4S/c1-5-27(4)40-37(44)35(23-28-13-8-7-9-14-28)41(24-31-32(38)16-12-17-33(31)39)36(43)25-42(34-18-11-10-15-29(34)6-2)47(45,46)30-21-19-26(3)20-22-30/h7-22,27,35H,5-6,23-25H2,1-4H3,(H,40,44)/t27-,35+/m1/s1. The highest BCUT2D eigenvalue weighted by Crippen LogP contribution is 2.30. The predicted molar refractivity (Wildman–Crippen MR) is 190 cm³/mol. The van der Waals surface area contributed by atoms with Gasteiger partial charge in [0, 0.05) is 34.6 Å². The van der Waals surface area contributed by atoms with Gasteiger partial charge in [-0.2, -0.15) is 0 Å². The average molecular weight is 695 g/mol. The second-order valence-electron chi connectivity index (χ2n) is 11.6. The summed E-state index contributed by atoms with van der Waals surface area (Å²) in [5, 5.41) is 3.69. The van der Waals surface area contributed by atoms with Gasteiger partial charge in [-0.3, -0.25) is 13.9 Å². The zero-order chi connectivity index (χ0) is 34.1. The number of aryl methyl sites for hydroxylation is 2. The van der Waals surface area contributed by atoms with E-state index in [2.05, 4.69) is 5.32 Å². The minimum absolute atomic E-state index is 0.0536. The van der Waals surface area contributed by atoms with Crippen LogP contribution in [-0.2, 0) is 39.0 Å². The van der Waals surface area contributed by atoms with E-state index in [4.69, 9.17) is 23.2 Å². The van der Waals surface area contributed by atoms with Gasteiger partial charge in [0.15, 0.2) is 0 Å². The van der Waals surface area contributed by atoms with Crippen molar-refractivity contribution in [3.8, 4) is 0 Å². The maximum absolute atomic E-state index is 14.7. The van der Waals surface area contributed by atoms with Gasteiger partial charge in [0.2, 0.25) is 11.8 Å². The first-order chi connectivity index (χ1) is 22.5. The van der Waals surface area contributed by atoms with E-state index in [-0.39, 0.29) is 29.8 Å². The predicted octanol–water partition coefficient (Wildman–Crippen LogP) is 7.61. The summed E-state index contributed by atoms with van der Waals surface area (Å²) in [6.45, 7) is 6.99. The molecule has 47 heavy (non-hydrogen) atoms. The van der Waals surface area contributed by atoms with E-state index in [0.717, 1.165) is 21.0 Å². The lowest BCUT2D eigenvalue weighted by Gasteiger charge is -2.35. The molecule has 7 nitrogen and oxygen atoms in total. The molecule has 0 spiro atoms. The summed E-state index contributed by atoms with van der Waals surface area (Å²) >= 11 is 13.2. The highest BCUT2D eigenvalue weighted by atomic mass is 35.5. The van der Waals surface area contributed by atoms with Gasteiger partial charge in [-0.05, 0) is 68.1 Å². The molecule has 0 aromatic heterocycles. The second-order valence-corrected chi connectivity index (χ2v) is 14.2. The highest BCUT2D eigenvalue weighted by Gasteiger charge is 2.36. The van der Waals surface area contributed by atoms with Crippen molar-refractivity contribution < 1.29 is 18.0 Å². The van der Waals surface area contributed by atoms with Crippen molar-refractivity contribution in [1.29, 1.82) is 0 Å². The number of nitrogens with one attached hydrogen (secondary N) is 1. The molecule has 0 aliphatic carbocycles. The summed E-state index contributed by atoms with van der Waals surface area (Å²) in [5.74, 6) is -0.940. The van der Waals surface area contributed by atoms with E-state index >= 15 is 0 Å². The molecule has 2 atom stereocenters. The SMILES string of the molecule is CCc1ccccc1N(CC(=O)N(Cc1c(Cl)cccc1Cl)[C@@H](Cc1ccccc1)C(=O)N[C@H](C)CC)S(=O)(=O)c1ccc(C)cc1. The van der Waals surface area contributed by atoms with Crippen LogP contribution in [-0.4, -0.2) is 43.8 Å². The molecular formula is C37H41Cl2N3O4S. The van der Waals surface area contributed by atoms with Gasteiger partial charge >= 0.3 is 0 Å². The Morgan fingerprint density at radius 3 is 2.06 bits per heavy atom. The maximum Gasteiger partial charge on any atom is 0.264 e. The van der Waals surface area contributed by atoms with Crippen LogP contribution < -0.4 is 9.62 Å². The van der Waals surface area contributed by atoms with Crippen LogP contribution >= 0.6 is 23.2 Å². The second kappa shape index (κ2) is 16.3. The molecule has 0 unspecified atom stereocenters. The smallest absolute Gasteiger partial charge is 0.264 e. The number of anilines is 1. The van der Waals surface area contributed by atoms with E-state index < -0.39 is 28.5 Å². The van der Waals surface area contributed by atoms with Crippen molar-refractivity contribution >= 4 is 50.7 Å². The van der Waals surface area contributed by atoms with E-state index in [1.807, 2.05) is 70.2 Å². The van der Waals surface area contributed by atoms with Crippen LogP contribution in [0.15, 0.2) is 102 Å². The summed E-state index contributed by atoms with van der Waals surface area (Å²) < 4.78 is 29.8. The molecule has 0 aliphatic heterocycles. The molecule has 248 valence electrons. The molecule has 2 amide bonds. The summed E-state index contributed by atoms with van der Waals surface area (Å²) in [7, 11) is -4.22. The van der Waals surface area contributed by atoms with Crippen LogP contribution in [0.25, 0.3) is 0 Å². The number of sulfonamides is 1. The molecule has 4 aromatic rings. The topological polar surface area (TPSA) is 86.8 Å². The van der Waals surface area contributed by atoms with Crippen molar-refractivity contribution in [3.63, 3.8) is 0 Å². The minimum atomic E-state index is -4.22. The first-order valence-corrected chi connectivity index (χ1v) is 17.9. The number of benzene rings is 4. The van der Waals surface area contributed by atoms with Crippen molar-refractivity contribution in [1.82, 2.24) is 10.2 Å². The Hall–Kier alpha value is -3.85. The Labute approximate surface area is 288 Å². The fourth-order valence-electron chi connectivity index (χ4n) is 5.25. The Balaban J connectivity index is 1.87. The fourth-order valence-corrected chi connectivity index (χ4v) is 7.22. The lowest BCUT2D eigenvalue weighted by Crippen LogP contribution is -2.54. The van der Waals surface area contributed by atoms with Gasteiger partial charge < -0.3 is 10.2 Å². The number of nitrogens with zero attached hydrogens (tertiary/aromatic N) is 2. The summed E-state index contributed by atoms with van der Waals surface area (Å²) in [6.07, 6.45) is 1.41. The maximum atomic E-state index is 14.7. The third-order valence-corrected chi connectivity index (χ3v) is 10.7. The number of carbonyl (C=O) groups excluding carboxylic acids is 2. The molecule has 0 heterocycles. The van der Waals surface area contributed by atoms with Gasteiger partial charge in [-0.1, -0.05) is 109 Å². The zero-order valence-corrected chi connectivity index (χ0v) is 29.4. The van der Waals surface area contributed by atoms with Gasteiger partial charge in [0.05, 0.1) is 10.6 Å². The van der Waals surface area contributed by atoms with Gasteiger partial charge in [0.25, 0.3) is 10.0 Å². The number of halogens is 2. The number of hydrogen-bond donors (Lipinski definition) is 1. The van der Waals surface area contributed by atoms with Crippen molar-refractivity contribution in [2.75, 3.05) is 10.8 Å². The van der Waals surface area contributed by atoms with Gasteiger partial charge in [-0.15, -0.1) is 0 Å². The molecular weight excluding hydrogens is 653 g/mol. The molecule has 0 bridgehead atoms. The van der Waals surface area contributed by atoms with Crippen molar-refractivity contribution in [2.24, 2.45) is 0 Å². The molecule has 4 rings (SSSR count). The Morgan fingerprint density at radius 2 is 1.45 bits per heavy atom. The molecule has 0 aliphatic rings. The van der Waals surface area contributed by atoms with E-state index in [1.54, 1.807) is 42.5 Å². The number of para-hydroxylation sites is 1. The quantitative estimate of drug-likeness (QED) is 0.147. The highest BCUT2D eigenvalue weighted by molar-refractivity contribution is 7.92. The van der Waals surface area contributed by atoms with Crippen LogP contribution in [0, 0.1) is 6.92 Å². The van der Waals surface area contributed by atoms with E-state index in [0.29, 0.717) is 34.1 Å². The van der Waals surface area contributed by atoms with Crippen LogP contribution in [0.5, 0.6) is 0 Å². The summed E-state index contributed by atoms with van der Waals surface area (Å²) in [4.78, 5) is 30.2. The number of rotatable bonds is 14. The minimum Gasteiger partial charge on any atom is -0.352 e. The molecule has 1 N–H and O–H groups in total. The molecule has 10 heteroatoms. The monoisotopic (exact) mass is 693 g/mol. The third kappa shape index (κ3) is 8.95. The van der Waals surface area contributed by atoms with E-state index in [9.17, 15) is 18.0 Å². The van der Waals surface area contributed by atoms with E-state index in [1.165, 1.54) is 17.0 Å². The summed E-state index contributed by atoms with van der Waals surface area (Å²) in [5.41, 5.74) is 3.34. The normalized spacial score (nSPS) is 12.6. The largest absolute Gasteiger partial charge is 0.352 e. The summed E-state index contributed by atoms with van der Waals surface area (Å²) in [6, 6.07) is 26.9. The number of carbonyl (C=O) groups is 2. The first-order valence-electron chi connectivity index (χ1n) is 15.7. The number of hydrogen-bond acceptors (Lipinski definition) is 4. The number of amides is 2. The third-order valence-electron chi connectivity index (χ3n) is 8.19. The Kier molecular flexibility index (Phi) is 12.5. The first kappa shape index (κ1) is 36.0. The van der Waals surface area contributed by atoms with Crippen LogP contribution in [0.3, 0.4) is 0 Å².